The lowest BCUT2D eigenvalue weighted by atomic mass is 9.88. The van der Waals surface area contributed by atoms with Gasteiger partial charge in [0, 0.05) is 18.8 Å². The zero-order valence-corrected chi connectivity index (χ0v) is 11.9. The molecule has 0 saturated heterocycles. The van der Waals surface area contributed by atoms with Crippen molar-refractivity contribution in [3.05, 3.63) is 34.2 Å². The smallest absolute Gasteiger partial charge is 0.252 e. The Kier molecular flexibility index (Phi) is 5.35. The summed E-state index contributed by atoms with van der Waals surface area (Å²) in [7, 11) is 0. The molecule has 0 unspecified atom stereocenters. The Morgan fingerprint density at radius 2 is 2.20 bits per heavy atom. The quantitative estimate of drug-likeness (QED) is 0.805. The van der Waals surface area contributed by atoms with Gasteiger partial charge in [-0.25, -0.2) is 0 Å². The van der Waals surface area contributed by atoms with Crippen LogP contribution in [0.4, 0.5) is 0 Å². The molecule has 1 heterocycles. The highest BCUT2D eigenvalue weighted by Gasteiger charge is 2.21. The van der Waals surface area contributed by atoms with Gasteiger partial charge in [-0.3, -0.25) is 9.59 Å². The van der Waals surface area contributed by atoms with Crippen molar-refractivity contribution in [1.82, 2.24) is 10.3 Å². The third-order valence-electron chi connectivity index (χ3n) is 3.80. The highest BCUT2D eigenvalue weighted by atomic mass is 16.5. The first-order valence-corrected chi connectivity index (χ1v) is 7.25. The average Bonchev–Trinajstić information content (AvgIpc) is 2.46. The number of carbonyl (C=O) groups excluding carboxylic acids is 1. The topological polar surface area (TPSA) is 71.2 Å². The van der Waals surface area contributed by atoms with Crippen LogP contribution < -0.4 is 10.9 Å². The van der Waals surface area contributed by atoms with Crippen molar-refractivity contribution in [2.45, 2.75) is 38.7 Å². The fourth-order valence-electron chi connectivity index (χ4n) is 2.56. The molecule has 2 rings (SSSR count). The molecule has 1 fully saturated rings. The van der Waals surface area contributed by atoms with Crippen molar-refractivity contribution in [3.63, 3.8) is 0 Å². The third kappa shape index (κ3) is 4.20. The molecule has 5 heteroatoms. The summed E-state index contributed by atoms with van der Waals surface area (Å²) >= 11 is 0. The van der Waals surface area contributed by atoms with E-state index in [0.29, 0.717) is 30.7 Å². The molecule has 0 aliphatic heterocycles. The van der Waals surface area contributed by atoms with Gasteiger partial charge in [0.25, 0.3) is 5.91 Å². The molecule has 1 aromatic heterocycles. The normalized spacial score (nSPS) is 22.4. The molecule has 110 valence electrons. The van der Waals surface area contributed by atoms with Gasteiger partial charge in [0.2, 0.25) is 5.56 Å². The minimum Gasteiger partial charge on any atom is -0.376 e. The van der Waals surface area contributed by atoms with Crippen LogP contribution in [-0.4, -0.2) is 30.1 Å². The lowest BCUT2D eigenvalue weighted by Gasteiger charge is -2.28. The lowest BCUT2D eigenvalue weighted by molar-refractivity contribution is -0.00294. The summed E-state index contributed by atoms with van der Waals surface area (Å²) in [4.78, 5) is 25.2. The summed E-state index contributed by atoms with van der Waals surface area (Å²) in [6, 6.07) is 2.85. The summed E-state index contributed by atoms with van der Waals surface area (Å²) in [5.41, 5.74) is 0.242. The Labute approximate surface area is 118 Å². The first-order chi connectivity index (χ1) is 9.66. The van der Waals surface area contributed by atoms with Gasteiger partial charge in [-0.2, -0.15) is 0 Å². The van der Waals surface area contributed by atoms with Gasteiger partial charge in [0.15, 0.2) is 0 Å². The number of amides is 1. The van der Waals surface area contributed by atoms with Crippen molar-refractivity contribution < 1.29 is 9.53 Å². The van der Waals surface area contributed by atoms with E-state index in [2.05, 4.69) is 17.2 Å². The molecular weight excluding hydrogens is 256 g/mol. The van der Waals surface area contributed by atoms with Gasteiger partial charge >= 0.3 is 0 Å². The fraction of sp³-hybridized carbons (Fsp3) is 0.600. The zero-order valence-electron chi connectivity index (χ0n) is 11.9. The number of nitrogens with one attached hydrogen (secondary N) is 2. The summed E-state index contributed by atoms with van der Waals surface area (Å²) in [6.07, 6.45) is 6.63. The van der Waals surface area contributed by atoms with E-state index in [-0.39, 0.29) is 11.5 Å². The molecule has 2 atom stereocenters. The number of hydrogen-bond acceptors (Lipinski definition) is 3. The number of pyridine rings is 1. The highest BCUT2D eigenvalue weighted by Crippen LogP contribution is 2.25. The van der Waals surface area contributed by atoms with Gasteiger partial charge in [-0.05, 0) is 24.8 Å². The molecular formula is C15H22N2O3. The fourth-order valence-corrected chi connectivity index (χ4v) is 2.56. The SMILES string of the molecule is C[C@H]1CCCC[C@@H]1OCCNC(=O)c1ccc(=O)[nH]c1. The molecule has 1 aromatic rings. The van der Waals surface area contributed by atoms with Crippen molar-refractivity contribution in [3.8, 4) is 0 Å². The van der Waals surface area contributed by atoms with Crippen molar-refractivity contribution in [2.24, 2.45) is 5.92 Å². The number of rotatable bonds is 5. The minimum atomic E-state index is -0.212. The second kappa shape index (κ2) is 7.24. The summed E-state index contributed by atoms with van der Waals surface area (Å²) in [5, 5.41) is 2.79. The van der Waals surface area contributed by atoms with E-state index in [1.165, 1.54) is 37.6 Å². The first-order valence-electron chi connectivity index (χ1n) is 7.25. The maximum Gasteiger partial charge on any atom is 0.252 e. The van der Waals surface area contributed by atoms with Crippen molar-refractivity contribution in [1.29, 1.82) is 0 Å². The molecule has 0 bridgehead atoms. The maximum absolute atomic E-state index is 11.8. The number of carbonyl (C=O) groups is 1. The summed E-state index contributed by atoms with van der Waals surface area (Å²) in [6.45, 7) is 3.24. The van der Waals surface area contributed by atoms with Crippen LogP contribution in [0.3, 0.4) is 0 Å². The predicted molar refractivity (Wildman–Crippen MR) is 76.8 cm³/mol. The zero-order chi connectivity index (χ0) is 14.4. The summed E-state index contributed by atoms with van der Waals surface area (Å²) in [5.74, 6) is 0.417. The van der Waals surface area contributed by atoms with Gasteiger partial charge < -0.3 is 15.0 Å². The maximum atomic E-state index is 11.8. The Morgan fingerprint density at radius 3 is 2.90 bits per heavy atom. The average molecular weight is 278 g/mol. The lowest BCUT2D eigenvalue weighted by Crippen LogP contribution is -2.32. The van der Waals surface area contributed by atoms with Gasteiger partial charge in [-0.15, -0.1) is 0 Å². The second-order valence-electron chi connectivity index (χ2n) is 5.37. The summed E-state index contributed by atoms with van der Waals surface area (Å²) < 4.78 is 5.83. The van der Waals surface area contributed by atoms with Crippen LogP contribution in [0.2, 0.25) is 0 Å². The highest BCUT2D eigenvalue weighted by molar-refractivity contribution is 5.93. The molecule has 0 aromatic carbocycles. The van der Waals surface area contributed by atoms with Crippen LogP contribution in [0.1, 0.15) is 43.0 Å². The second-order valence-corrected chi connectivity index (χ2v) is 5.37. The van der Waals surface area contributed by atoms with Crippen LogP contribution in [0.25, 0.3) is 0 Å². The van der Waals surface area contributed by atoms with E-state index in [4.69, 9.17) is 4.74 Å². The molecule has 0 spiro atoms. The molecule has 1 aliphatic rings. The molecule has 0 radical (unpaired) electrons. The number of aromatic nitrogens is 1. The molecule has 5 nitrogen and oxygen atoms in total. The van der Waals surface area contributed by atoms with E-state index in [0.717, 1.165) is 6.42 Å². The van der Waals surface area contributed by atoms with Crippen molar-refractivity contribution >= 4 is 5.91 Å². The van der Waals surface area contributed by atoms with E-state index in [1.54, 1.807) is 0 Å². The minimum absolute atomic E-state index is 0.193. The molecule has 1 saturated carbocycles. The van der Waals surface area contributed by atoms with E-state index >= 15 is 0 Å². The molecule has 1 aliphatic carbocycles. The number of H-pyrrole nitrogens is 1. The molecule has 20 heavy (non-hydrogen) atoms. The van der Waals surface area contributed by atoms with Crippen LogP contribution in [-0.2, 0) is 4.74 Å². The van der Waals surface area contributed by atoms with E-state index in [1.807, 2.05) is 0 Å². The van der Waals surface area contributed by atoms with Crippen molar-refractivity contribution in [2.75, 3.05) is 13.2 Å². The van der Waals surface area contributed by atoms with Gasteiger partial charge in [0.1, 0.15) is 0 Å². The monoisotopic (exact) mass is 278 g/mol. The Bertz CT molecular complexity index is 478. The van der Waals surface area contributed by atoms with E-state index in [9.17, 15) is 9.59 Å². The Balaban J connectivity index is 1.69. The number of aromatic amines is 1. The first kappa shape index (κ1) is 14.8. The predicted octanol–water partition coefficient (Wildman–Crippen LogP) is 1.70. The largest absolute Gasteiger partial charge is 0.376 e. The third-order valence-corrected chi connectivity index (χ3v) is 3.80. The van der Waals surface area contributed by atoms with E-state index < -0.39 is 0 Å². The van der Waals surface area contributed by atoms with Gasteiger partial charge in [-0.1, -0.05) is 19.8 Å². The molecule has 1 amide bonds. The van der Waals surface area contributed by atoms with Gasteiger partial charge in [0.05, 0.1) is 18.3 Å². The number of hydrogen-bond donors (Lipinski definition) is 2. The van der Waals surface area contributed by atoms with Crippen LogP contribution in [0.15, 0.2) is 23.1 Å². The standard InChI is InChI=1S/C15H22N2O3/c1-11-4-2-3-5-13(11)20-9-8-16-15(19)12-6-7-14(18)17-10-12/h6-7,10-11,13H,2-5,8-9H2,1H3,(H,16,19)(H,17,18)/t11-,13-/m0/s1. The Hall–Kier alpha value is -1.62. The molecule has 2 N–H and O–H groups in total. The van der Waals surface area contributed by atoms with Crippen LogP contribution >= 0.6 is 0 Å². The van der Waals surface area contributed by atoms with Crippen LogP contribution in [0.5, 0.6) is 0 Å². The number of ether oxygens (including phenoxy) is 1. The Morgan fingerprint density at radius 1 is 1.40 bits per heavy atom. The van der Waals surface area contributed by atoms with Crippen LogP contribution in [0, 0.1) is 5.92 Å².